The summed E-state index contributed by atoms with van der Waals surface area (Å²) in [5, 5.41) is 10.3. The van der Waals surface area contributed by atoms with Gasteiger partial charge in [0.05, 0.1) is 38.8 Å². The van der Waals surface area contributed by atoms with Crippen molar-refractivity contribution in [2.75, 3.05) is 62.6 Å². The molecule has 0 radical (unpaired) electrons. The van der Waals surface area contributed by atoms with Gasteiger partial charge in [-0.2, -0.15) is 20.3 Å². The summed E-state index contributed by atoms with van der Waals surface area (Å²) in [7, 11) is 0. The molecule has 2 aliphatic heterocycles. The zero-order valence-corrected chi connectivity index (χ0v) is 30.7. The molecule has 14 nitrogen and oxygen atoms in total. The van der Waals surface area contributed by atoms with E-state index in [1.807, 2.05) is 10.0 Å². The van der Waals surface area contributed by atoms with E-state index in [2.05, 4.69) is 45.2 Å². The van der Waals surface area contributed by atoms with Crippen LogP contribution < -0.4 is 10.0 Å². The molecule has 0 aromatic carbocycles. The van der Waals surface area contributed by atoms with Gasteiger partial charge < -0.3 is 59.2 Å². The number of thiocarbonyl (C=S) groups is 4. The summed E-state index contributed by atoms with van der Waals surface area (Å²) in [6.07, 6.45) is 9.42. The van der Waals surface area contributed by atoms with E-state index in [0.717, 1.165) is 0 Å². The number of hydrogen-bond acceptors (Lipinski definition) is 16. The topological polar surface area (TPSA) is 124 Å². The van der Waals surface area contributed by atoms with Gasteiger partial charge in [0.15, 0.2) is 20.3 Å². The number of nitrogens with zero attached hydrogens (tertiary/aromatic N) is 10. The quantitative estimate of drug-likeness (QED) is 0.152. The van der Waals surface area contributed by atoms with Gasteiger partial charge in [-0.25, -0.2) is 20.0 Å². The Morgan fingerprint density at radius 3 is 1.28 bits per heavy atom. The fourth-order valence-electron chi connectivity index (χ4n) is 3.49. The van der Waals surface area contributed by atoms with Crippen LogP contribution in [0.3, 0.4) is 0 Å². The molecule has 4 heterocycles. The second kappa shape index (κ2) is 20.9. The van der Waals surface area contributed by atoms with Crippen molar-refractivity contribution in [1.29, 1.82) is 0 Å². The Morgan fingerprint density at radius 1 is 0.721 bits per heavy atom. The fraction of sp³-hybridized carbons (Fsp3) is 0.400. The number of ether oxygens (including phenoxy) is 2. The number of hydrazine groups is 4. The standard InChI is InChI=1S/2C10H13N5OS4.Mo.2O/c2*17-9(18)14(8-7-11-1-2-12-8)15(10(19)20)13-3-5-16-6-4-13;;;/h2*1-2,7H,3-6H2,(H,17,18)(H,19,20);;;/q;;+2;;/p-2. The molecular weight excluding hydrogens is 797 g/mol. The Bertz CT molecular complexity index is 1150. The first-order valence-corrected chi connectivity index (χ1v) is 16.8. The SMILES string of the molecule is S=C([S-])N(c1cnccn1)N(C(=S)S)N1CCOCC1.S=C([S-])N(c1cnccn1)N(C(=S)S)N1CCOCC1.[O]=[Mo+2]=[O]. The molecule has 2 fully saturated rings. The van der Waals surface area contributed by atoms with E-state index in [-0.39, 0.29) is 8.64 Å². The molecule has 0 aliphatic carbocycles. The predicted molar refractivity (Wildman–Crippen MR) is 182 cm³/mol. The van der Waals surface area contributed by atoms with Crippen LogP contribution >= 0.6 is 74.1 Å². The number of aromatic nitrogens is 4. The van der Waals surface area contributed by atoms with Crippen molar-refractivity contribution in [2.24, 2.45) is 0 Å². The van der Waals surface area contributed by atoms with Gasteiger partial charge in [0.2, 0.25) is 0 Å². The Morgan fingerprint density at radius 2 is 1.05 bits per heavy atom. The maximum atomic E-state index is 8.50. The Balaban J connectivity index is 0.000000275. The van der Waals surface area contributed by atoms with Gasteiger partial charge in [-0.05, 0) is 33.1 Å². The molecule has 0 spiro atoms. The summed E-state index contributed by atoms with van der Waals surface area (Å²) in [6, 6.07) is 0. The molecule has 2 aromatic rings. The molecule has 23 heteroatoms. The zero-order valence-electron chi connectivity index (χ0n) is 22.0. The summed E-state index contributed by atoms with van der Waals surface area (Å²) in [5.74, 6) is 0.991. The number of hydrogen-bond donors (Lipinski definition) is 2. The third-order valence-electron chi connectivity index (χ3n) is 5.11. The van der Waals surface area contributed by atoms with Crippen LogP contribution in [0.25, 0.3) is 0 Å². The summed E-state index contributed by atoms with van der Waals surface area (Å²) in [6.45, 7) is 5.06. The van der Waals surface area contributed by atoms with E-state index in [4.69, 9.17) is 90.4 Å². The van der Waals surface area contributed by atoms with Gasteiger partial charge in [-0.3, -0.25) is 9.97 Å². The van der Waals surface area contributed by atoms with Crippen LogP contribution in [0.4, 0.5) is 11.6 Å². The average molecular weight is 821 g/mol. The molecule has 0 N–H and O–H groups in total. The minimum absolute atomic E-state index is 0.188. The van der Waals surface area contributed by atoms with E-state index in [9.17, 15) is 0 Å². The van der Waals surface area contributed by atoms with Crippen LogP contribution in [-0.2, 0) is 60.0 Å². The summed E-state index contributed by atoms with van der Waals surface area (Å²) >= 11 is 37.5. The number of rotatable bonds is 4. The third kappa shape index (κ3) is 12.4. The monoisotopic (exact) mass is 822 g/mol. The van der Waals surface area contributed by atoms with Gasteiger partial charge in [-0.15, -0.1) is 25.3 Å². The third-order valence-corrected chi connectivity index (χ3v) is 6.49. The van der Waals surface area contributed by atoms with Gasteiger partial charge in [0.25, 0.3) is 0 Å². The van der Waals surface area contributed by atoms with Crippen LogP contribution in [0.1, 0.15) is 0 Å². The molecule has 2 aliphatic rings. The van der Waals surface area contributed by atoms with Crippen LogP contribution in [-0.4, -0.2) is 110 Å². The van der Waals surface area contributed by atoms with Crippen molar-refractivity contribution in [3.05, 3.63) is 37.2 Å². The van der Waals surface area contributed by atoms with Crippen LogP contribution in [0, 0.1) is 0 Å². The molecule has 232 valence electrons. The molecule has 0 bridgehead atoms. The zero-order chi connectivity index (χ0) is 31.8. The molecule has 0 atom stereocenters. The first-order valence-electron chi connectivity index (χ1n) is 11.8. The fourth-order valence-corrected chi connectivity index (χ4v) is 5.00. The Kier molecular flexibility index (Phi) is 18.6. The molecule has 2 aromatic heterocycles. The first kappa shape index (κ1) is 38.2. The molecule has 43 heavy (non-hydrogen) atoms. The second-order valence-corrected chi connectivity index (χ2v) is 12.3. The van der Waals surface area contributed by atoms with Crippen molar-refractivity contribution in [2.45, 2.75) is 0 Å². The van der Waals surface area contributed by atoms with Gasteiger partial charge in [0.1, 0.15) is 0 Å². The van der Waals surface area contributed by atoms with Crippen molar-refractivity contribution in [3.8, 4) is 0 Å². The minimum atomic E-state index is -2.03. The van der Waals surface area contributed by atoms with E-state index in [1.54, 1.807) is 57.4 Å². The predicted octanol–water partition coefficient (Wildman–Crippen LogP) is 1.35. The van der Waals surface area contributed by atoms with Crippen molar-refractivity contribution >= 4 is 128 Å². The van der Waals surface area contributed by atoms with Gasteiger partial charge >= 0.3 is 25.3 Å². The van der Waals surface area contributed by atoms with Crippen molar-refractivity contribution in [1.82, 2.24) is 40.2 Å². The molecule has 0 saturated carbocycles. The Hall–Kier alpha value is -1.01. The molecular formula is C20H24MoN10O4S8. The number of morpholine rings is 2. The van der Waals surface area contributed by atoms with E-state index < -0.39 is 18.5 Å². The molecule has 0 unspecified atom stereocenters. The maximum absolute atomic E-state index is 8.50. The number of anilines is 2. The molecule has 2 saturated heterocycles. The van der Waals surface area contributed by atoms with Gasteiger partial charge in [0, 0.05) is 51.0 Å². The van der Waals surface area contributed by atoms with E-state index in [1.165, 1.54) is 0 Å². The Labute approximate surface area is 300 Å². The molecule has 0 amide bonds. The van der Waals surface area contributed by atoms with E-state index in [0.29, 0.717) is 72.9 Å². The number of thiol groups is 2. The molecule has 4 rings (SSSR count). The van der Waals surface area contributed by atoms with Crippen molar-refractivity contribution in [3.63, 3.8) is 0 Å². The van der Waals surface area contributed by atoms with Crippen LogP contribution in [0.2, 0.25) is 0 Å². The summed E-state index contributed by atoms with van der Waals surface area (Å²) in [4.78, 5) is 16.5. The van der Waals surface area contributed by atoms with Crippen molar-refractivity contribution < 1.29 is 34.8 Å². The van der Waals surface area contributed by atoms with Crippen LogP contribution in [0.15, 0.2) is 37.2 Å². The average Bonchev–Trinajstić information content (AvgIpc) is 3.00. The van der Waals surface area contributed by atoms with Crippen LogP contribution in [0.5, 0.6) is 0 Å². The second-order valence-electron chi connectivity index (χ2n) is 7.63. The normalized spacial score (nSPS) is 14.7. The first-order chi connectivity index (χ1) is 20.6. The summed E-state index contributed by atoms with van der Waals surface area (Å²) in [5.41, 5.74) is 0. The van der Waals surface area contributed by atoms with Gasteiger partial charge in [-0.1, -0.05) is 0 Å². The summed E-state index contributed by atoms with van der Waals surface area (Å²) < 4.78 is 28.7. The van der Waals surface area contributed by atoms with E-state index >= 15 is 0 Å².